The Labute approximate surface area is 152 Å². The third kappa shape index (κ3) is 4.03. The fraction of sp³-hybridized carbons (Fsp3) is 0.200. The van der Waals surface area contributed by atoms with E-state index in [9.17, 15) is 4.79 Å². The number of methoxy groups -OCH3 is 2. The number of rotatable bonds is 7. The standard InChI is InChI=1S/C20H21N3O3/c1-25-18-6-3-5-17(19(18)26-2)20(24)21-13-15-7-9-16(10-8-15)14-23-12-4-11-22-23/h3-12H,13-14H2,1-2H3,(H,21,24). The topological polar surface area (TPSA) is 65.4 Å². The summed E-state index contributed by atoms with van der Waals surface area (Å²) in [5.74, 6) is 0.756. The van der Waals surface area contributed by atoms with Gasteiger partial charge in [0.05, 0.1) is 26.3 Å². The number of para-hydroxylation sites is 1. The number of amides is 1. The van der Waals surface area contributed by atoms with Crippen molar-refractivity contribution in [1.29, 1.82) is 0 Å². The molecule has 26 heavy (non-hydrogen) atoms. The summed E-state index contributed by atoms with van der Waals surface area (Å²) in [5, 5.41) is 7.11. The van der Waals surface area contributed by atoms with Gasteiger partial charge in [-0.15, -0.1) is 0 Å². The lowest BCUT2D eigenvalue weighted by Gasteiger charge is -2.12. The summed E-state index contributed by atoms with van der Waals surface area (Å²) < 4.78 is 12.4. The van der Waals surface area contributed by atoms with Gasteiger partial charge in [0.1, 0.15) is 0 Å². The fourth-order valence-corrected chi connectivity index (χ4v) is 2.69. The number of carbonyl (C=O) groups excluding carboxylic acids is 1. The number of carbonyl (C=O) groups is 1. The van der Waals surface area contributed by atoms with Gasteiger partial charge >= 0.3 is 0 Å². The molecule has 3 rings (SSSR count). The Morgan fingerprint density at radius 2 is 1.81 bits per heavy atom. The molecule has 1 aromatic heterocycles. The number of hydrogen-bond acceptors (Lipinski definition) is 4. The molecule has 0 fully saturated rings. The second-order valence-corrected chi connectivity index (χ2v) is 5.74. The Balaban J connectivity index is 1.63. The van der Waals surface area contributed by atoms with E-state index in [1.54, 1.807) is 31.5 Å². The van der Waals surface area contributed by atoms with Crippen LogP contribution < -0.4 is 14.8 Å². The van der Waals surface area contributed by atoms with Crippen molar-refractivity contribution in [1.82, 2.24) is 15.1 Å². The summed E-state index contributed by atoms with van der Waals surface area (Å²) in [6, 6.07) is 15.2. The van der Waals surface area contributed by atoms with Crippen LogP contribution in [0.5, 0.6) is 11.5 Å². The molecule has 0 bridgehead atoms. The number of aromatic nitrogens is 2. The lowest BCUT2D eigenvalue weighted by Crippen LogP contribution is -2.23. The third-order valence-electron chi connectivity index (χ3n) is 4.03. The Bertz CT molecular complexity index is 859. The van der Waals surface area contributed by atoms with Crippen LogP contribution >= 0.6 is 0 Å². The van der Waals surface area contributed by atoms with Crippen LogP contribution in [-0.4, -0.2) is 29.9 Å². The molecule has 0 unspecified atom stereocenters. The van der Waals surface area contributed by atoms with Crippen LogP contribution in [0.15, 0.2) is 60.9 Å². The molecule has 0 saturated heterocycles. The molecule has 0 aliphatic heterocycles. The Kier molecular flexibility index (Phi) is 5.53. The zero-order chi connectivity index (χ0) is 18.4. The molecule has 0 saturated carbocycles. The van der Waals surface area contributed by atoms with Crippen molar-refractivity contribution in [3.63, 3.8) is 0 Å². The van der Waals surface area contributed by atoms with Gasteiger partial charge < -0.3 is 14.8 Å². The van der Waals surface area contributed by atoms with Crippen LogP contribution in [0.25, 0.3) is 0 Å². The second-order valence-electron chi connectivity index (χ2n) is 5.74. The highest BCUT2D eigenvalue weighted by Gasteiger charge is 2.15. The molecule has 6 nitrogen and oxygen atoms in total. The molecule has 1 heterocycles. The van der Waals surface area contributed by atoms with Gasteiger partial charge in [0.2, 0.25) is 0 Å². The molecule has 134 valence electrons. The fourth-order valence-electron chi connectivity index (χ4n) is 2.69. The third-order valence-corrected chi connectivity index (χ3v) is 4.03. The first-order valence-electron chi connectivity index (χ1n) is 8.25. The minimum absolute atomic E-state index is 0.207. The largest absolute Gasteiger partial charge is 0.493 e. The summed E-state index contributed by atoms with van der Waals surface area (Å²) in [4.78, 5) is 12.5. The lowest BCUT2D eigenvalue weighted by atomic mass is 10.1. The Hall–Kier alpha value is -3.28. The predicted molar refractivity (Wildman–Crippen MR) is 98.5 cm³/mol. The van der Waals surface area contributed by atoms with Gasteiger partial charge in [-0.25, -0.2) is 0 Å². The van der Waals surface area contributed by atoms with Gasteiger partial charge in [-0.3, -0.25) is 9.48 Å². The SMILES string of the molecule is COc1cccc(C(=O)NCc2ccc(Cn3cccn3)cc2)c1OC. The van der Waals surface area contributed by atoms with Crippen LogP contribution in [0.3, 0.4) is 0 Å². The average molecular weight is 351 g/mol. The van der Waals surface area contributed by atoms with Crippen LogP contribution in [-0.2, 0) is 13.1 Å². The average Bonchev–Trinajstić information content (AvgIpc) is 3.19. The summed E-state index contributed by atoms with van der Waals surface area (Å²) in [6.45, 7) is 1.15. The molecule has 1 N–H and O–H groups in total. The Morgan fingerprint density at radius 3 is 2.46 bits per heavy atom. The molecule has 0 aliphatic rings. The van der Waals surface area contributed by atoms with Gasteiger partial charge in [0, 0.05) is 18.9 Å². The molecule has 6 heteroatoms. The summed E-state index contributed by atoms with van der Waals surface area (Å²) in [6.07, 6.45) is 3.69. The van der Waals surface area contributed by atoms with Crippen molar-refractivity contribution >= 4 is 5.91 Å². The van der Waals surface area contributed by atoms with E-state index in [1.807, 2.05) is 41.2 Å². The molecule has 3 aromatic rings. The second kappa shape index (κ2) is 8.20. The number of hydrogen-bond donors (Lipinski definition) is 1. The van der Waals surface area contributed by atoms with Gasteiger partial charge in [-0.05, 0) is 29.3 Å². The quantitative estimate of drug-likeness (QED) is 0.711. The van der Waals surface area contributed by atoms with E-state index in [4.69, 9.17) is 9.47 Å². The minimum Gasteiger partial charge on any atom is -0.493 e. The van der Waals surface area contributed by atoms with E-state index in [0.29, 0.717) is 23.6 Å². The van der Waals surface area contributed by atoms with Crippen molar-refractivity contribution in [3.05, 3.63) is 77.6 Å². The number of ether oxygens (including phenoxy) is 2. The highest BCUT2D eigenvalue weighted by Crippen LogP contribution is 2.30. The summed E-state index contributed by atoms with van der Waals surface area (Å²) in [7, 11) is 3.07. The maximum atomic E-state index is 12.5. The zero-order valence-electron chi connectivity index (χ0n) is 14.8. The smallest absolute Gasteiger partial charge is 0.255 e. The van der Waals surface area contributed by atoms with Crippen LogP contribution in [0.2, 0.25) is 0 Å². The highest BCUT2D eigenvalue weighted by atomic mass is 16.5. The van der Waals surface area contributed by atoms with Crippen LogP contribution in [0.4, 0.5) is 0 Å². The van der Waals surface area contributed by atoms with Gasteiger partial charge in [0.15, 0.2) is 11.5 Å². The van der Waals surface area contributed by atoms with E-state index in [2.05, 4.69) is 10.4 Å². The predicted octanol–water partition coefficient (Wildman–Crippen LogP) is 2.88. The van der Waals surface area contributed by atoms with Crippen molar-refractivity contribution < 1.29 is 14.3 Å². The van der Waals surface area contributed by atoms with E-state index >= 15 is 0 Å². The maximum Gasteiger partial charge on any atom is 0.255 e. The maximum absolute atomic E-state index is 12.5. The summed E-state index contributed by atoms with van der Waals surface area (Å²) in [5.41, 5.74) is 2.62. The number of benzene rings is 2. The number of nitrogens with zero attached hydrogens (tertiary/aromatic N) is 2. The van der Waals surface area contributed by atoms with Gasteiger partial charge in [-0.1, -0.05) is 30.3 Å². The molecule has 0 aliphatic carbocycles. The molecule has 2 aromatic carbocycles. The van der Waals surface area contributed by atoms with Gasteiger partial charge in [-0.2, -0.15) is 5.10 Å². The first kappa shape index (κ1) is 17.5. The lowest BCUT2D eigenvalue weighted by molar-refractivity contribution is 0.0947. The molecule has 0 atom stereocenters. The first-order valence-corrected chi connectivity index (χ1v) is 8.25. The molecular formula is C20H21N3O3. The number of nitrogens with one attached hydrogen (secondary N) is 1. The van der Waals surface area contributed by atoms with Crippen molar-refractivity contribution in [2.45, 2.75) is 13.1 Å². The van der Waals surface area contributed by atoms with E-state index in [1.165, 1.54) is 7.11 Å². The monoisotopic (exact) mass is 351 g/mol. The highest BCUT2D eigenvalue weighted by molar-refractivity contribution is 5.97. The Morgan fingerprint density at radius 1 is 1.04 bits per heavy atom. The van der Waals surface area contributed by atoms with Gasteiger partial charge in [0.25, 0.3) is 5.91 Å². The minimum atomic E-state index is -0.207. The van der Waals surface area contributed by atoms with Crippen molar-refractivity contribution in [3.8, 4) is 11.5 Å². The molecule has 1 amide bonds. The molecule has 0 radical (unpaired) electrons. The van der Waals surface area contributed by atoms with E-state index < -0.39 is 0 Å². The van der Waals surface area contributed by atoms with E-state index in [0.717, 1.165) is 17.7 Å². The molecular weight excluding hydrogens is 330 g/mol. The summed E-state index contributed by atoms with van der Waals surface area (Å²) >= 11 is 0. The van der Waals surface area contributed by atoms with Crippen LogP contribution in [0.1, 0.15) is 21.5 Å². The molecule has 0 spiro atoms. The van der Waals surface area contributed by atoms with Crippen LogP contribution in [0, 0.1) is 0 Å². The first-order chi connectivity index (χ1) is 12.7. The van der Waals surface area contributed by atoms with Crippen molar-refractivity contribution in [2.24, 2.45) is 0 Å². The van der Waals surface area contributed by atoms with Crippen molar-refractivity contribution in [2.75, 3.05) is 14.2 Å². The zero-order valence-corrected chi connectivity index (χ0v) is 14.8. The normalized spacial score (nSPS) is 10.4. The van der Waals surface area contributed by atoms with E-state index in [-0.39, 0.29) is 5.91 Å².